The Kier molecular flexibility index (Phi) is 1.38. The summed E-state index contributed by atoms with van der Waals surface area (Å²) in [6.45, 7) is 2.26. The first-order chi connectivity index (χ1) is 6.27. The van der Waals surface area contributed by atoms with Gasteiger partial charge in [-0.15, -0.1) is 0 Å². The molecule has 2 aliphatic carbocycles. The van der Waals surface area contributed by atoms with Gasteiger partial charge in [0.2, 0.25) is 0 Å². The highest BCUT2D eigenvalue weighted by atomic mass is 15.3. The van der Waals surface area contributed by atoms with Crippen molar-refractivity contribution in [3.8, 4) is 0 Å². The van der Waals surface area contributed by atoms with Crippen LogP contribution in [0.15, 0.2) is 0 Å². The standard InChI is InChI=1S/C11H16N2/c1-7-10(8-3-4-8)12-13(2)11(7)9-5-6-9/h8-9H,3-6H2,1-2H3. The molecular weight excluding hydrogens is 160 g/mol. The summed E-state index contributed by atoms with van der Waals surface area (Å²) in [5.74, 6) is 1.64. The van der Waals surface area contributed by atoms with E-state index in [-0.39, 0.29) is 0 Å². The van der Waals surface area contributed by atoms with Crippen LogP contribution in [-0.4, -0.2) is 9.78 Å². The van der Waals surface area contributed by atoms with E-state index in [2.05, 4.69) is 23.8 Å². The van der Waals surface area contributed by atoms with Crippen molar-refractivity contribution in [2.45, 2.75) is 44.4 Å². The van der Waals surface area contributed by atoms with Crippen molar-refractivity contribution in [2.75, 3.05) is 0 Å². The van der Waals surface area contributed by atoms with Gasteiger partial charge >= 0.3 is 0 Å². The molecule has 2 heteroatoms. The van der Waals surface area contributed by atoms with E-state index < -0.39 is 0 Å². The van der Waals surface area contributed by atoms with E-state index >= 15 is 0 Å². The lowest BCUT2D eigenvalue weighted by atomic mass is 10.1. The number of aromatic nitrogens is 2. The zero-order valence-corrected chi connectivity index (χ0v) is 8.38. The lowest BCUT2D eigenvalue weighted by Crippen LogP contribution is -1.96. The molecule has 0 amide bonds. The molecule has 0 saturated heterocycles. The second-order valence-corrected chi connectivity index (χ2v) is 4.57. The molecule has 70 valence electrons. The van der Waals surface area contributed by atoms with Crippen LogP contribution in [0, 0.1) is 6.92 Å². The number of nitrogens with zero attached hydrogens (tertiary/aromatic N) is 2. The molecule has 3 rings (SSSR count). The Hall–Kier alpha value is -0.790. The average molecular weight is 176 g/mol. The maximum atomic E-state index is 4.65. The second kappa shape index (κ2) is 2.37. The molecule has 2 saturated carbocycles. The van der Waals surface area contributed by atoms with Gasteiger partial charge in [0.25, 0.3) is 0 Å². The van der Waals surface area contributed by atoms with E-state index in [0.29, 0.717) is 0 Å². The Morgan fingerprint density at radius 3 is 2.31 bits per heavy atom. The van der Waals surface area contributed by atoms with E-state index in [0.717, 1.165) is 11.8 Å². The highest BCUT2D eigenvalue weighted by Gasteiger charge is 2.34. The van der Waals surface area contributed by atoms with Crippen LogP contribution in [0.3, 0.4) is 0 Å². The molecule has 0 radical (unpaired) electrons. The van der Waals surface area contributed by atoms with Crippen LogP contribution in [0.25, 0.3) is 0 Å². The van der Waals surface area contributed by atoms with Crippen molar-refractivity contribution < 1.29 is 0 Å². The maximum absolute atomic E-state index is 4.65. The van der Waals surface area contributed by atoms with Crippen molar-refractivity contribution >= 4 is 0 Å². The first-order valence-corrected chi connectivity index (χ1v) is 5.30. The molecular formula is C11H16N2. The van der Waals surface area contributed by atoms with Crippen LogP contribution in [0.5, 0.6) is 0 Å². The molecule has 0 bridgehead atoms. The highest BCUT2D eigenvalue weighted by Crippen LogP contribution is 2.46. The minimum atomic E-state index is 0.804. The summed E-state index contributed by atoms with van der Waals surface area (Å²) in [4.78, 5) is 0. The van der Waals surface area contributed by atoms with E-state index in [4.69, 9.17) is 0 Å². The summed E-state index contributed by atoms with van der Waals surface area (Å²) >= 11 is 0. The molecule has 0 N–H and O–H groups in total. The Balaban J connectivity index is 2.06. The molecule has 0 atom stereocenters. The monoisotopic (exact) mass is 176 g/mol. The van der Waals surface area contributed by atoms with Crippen LogP contribution >= 0.6 is 0 Å². The summed E-state index contributed by atoms with van der Waals surface area (Å²) in [7, 11) is 2.10. The van der Waals surface area contributed by atoms with Crippen molar-refractivity contribution in [3.63, 3.8) is 0 Å². The number of rotatable bonds is 2. The van der Waals surface area contributed by atoms with E-state index in [9.17, 15) is 0 Å². The summed E-state index contributed by atoms with van der Waals surface area (Å²) in [5.41, 5.74) is 4.40. The smallest absolute Gasteiger partial charge is 0.0687 e. The quantitative estimate of drug-likeness (QED) is 0.677. The minimum Gasteiger partial charge on any atom is -0.272 e. The molecule has 2 nitrogen and oxygen atoms in total. The van der Waals surface area contributed by atoms with Crippen LogP contribution in [0.1, 0.15) is 54.5 Å². The van der Waals surface area contributed by atoms with Gasteiger partial charge in [-0.3, -0.25) is 4.68 Å². The van der Waals surface area contributed by atoms with Gasteiger partial charge in [-0.25, -0.2) is 0 Å². The molecule has 1 heterocycles. The summed E-state index contributed by atoms with van der Waals surface area (Å²) in [5, 5.41) is 4.65. The third-order valence-corrected chi connectivity index (χ3v) is 3.30. The van der Waals surface area contributed by atoms with Crippen molar-refractivity contribution in [3.05, 3.63) is 17.0 Å². The van der Waals surface area contributed by atoms with Gasteiger partial charge in [0.05, 0.1) is 5.69 Å². The molecule has 0 spiro atoms. The number of hydrogen-bond acceptors (Lipinski definition) is 1. The molecule has 13 heavy (non-hydrogen) atoms. The van der Waals surface area contributed by atoms with Crippen LogP contribution in [-0.2, 0) is 7.05 Å². The minimum absolute atomic E-state index is 0.804. The zero-order valence-electron chi connectivity index (χ0n) is 8.38. The van der Waals surface area contributed by atoms with Gasteiger partial charge in [-0.05, 0) is 38.2 Å². The first kappa shape index (κ1) is 7.60. The molecule has 0 unspecified atom stereocenters. The van der Waals surface area contributed by atoms with Gasteiger partial charge in [0.15, 0.2) is 0 Å². The molecule has 2 fully saturated rings. The maximum Gasteiger partial charge on any atom is 0.0687 e. The molecule has 2 aliphatic rings. The zero-order chi connectivity index (χ0) is 9.00. The summed E-state index contributed by atoms with van der Waals surface area (Å²) in [6, 6.07) is 0. The van der Waals surface area contributed by atoms with Gasteiger partial charge in [-0.1, -0.05) is 0 Å². The van der Waals surface area contributed by atoms with Crippen molar-refractivity contribution in [1.29, 1.82) is 0 Å². The third-order valence-electron chi connectivity index (χ3n) is 3.30. The predicted octanol–water partition coefficient (Wildman–Crippen LogP) is 2.48. The lowest BCUT2D eigenvalue weighted by molar-refractivity contribution is 0.699. The first-order valence-electron chi connectivity index (χ1n) is 5.30. The van der Waals surface area contributed by atoms with Crippen LogP contribution < -0.4 is 0 Å². The normalized spacial score (nSPS) is 22.3. The van der Waals surface area contributed by atoms with E-state index in [1.807, 2.05) is 0 Å². The third kappa shape index (κ3) is 1.11. The highest BCUT2D eigenvalue weighted by molar-refractivity contribution is 5.34. The topological polar surface area (TPSA) is 17.8 Å². The van der Waals surface area contributed by atoms with Gasteiger partial charge in [-0.2, -0.15) is 5.10 Å². The predicted molar refractivity (Wildman–Crippen MR) is 51.9 cm³/mol. The van der Waals surface area contributed by atoms with Crippen molar-refractivity contribution in [1.82, 2.24) is 9.78 Å². The molecule has 1 aromatic rings. The van der Waals surface area contributed by atoms with E-state index in [1.165, 1.54) is 42.6 Å². The lowest BCUT2D eigenvalue weighted by Gasteiger charge is -1.99. The van der Waals surface area contributed by atoms with E-state index in [1.54, 1.807) is 0 Å². The summed E-state index contributed by atoms with van der Waals surface area (Å²) in [6.07, 6.45) is 5.48. The Morgan fingerprint density at radius 1 is 1.15 bits per heavy atom. The Morgan fingerprint density at radius 2 is 1.77 bits per heavy atom. The number of hydrogen-bond donors (Lipinski definition) is 0. The fourth-order valence-electron chi connectivity index (χ4n) is 2.34. The van der Waals surface area contributed by atoms with Crippen LogP contribution in [0.4, 0.5) is 0 Å². The fraction of sp³-hybridized carbons (Fsp3) is 0.727. The fourth-order valence-corrected chi connectivity index (χ4v) is 2.34. The Bertz CT molecular complexity index is 343. The van der Waals surface area contributed by atoms with Crippen molar-refractivity contribution in [2.24, 2.45) is 7.05 Å². The SMILES string of the molecule is Cc1c(C2CC2)nn(C)c1C1CC1. The summed E-state index contributed by atoms with van der Waals surface area (Å²) < 4.78 is 2.13. The average Bonchev–Trinajstić information content (AvgIpc) is 2.96. The molecule has 1 aromatic heterocycles. The van der Waals surface area contributed by atoms with Crippen LogP contribution in [0.2, 0.25) is 0 Å². The molecule has 0 aliphatic heterocycles. The Labute approximate surface area is 78.9 Å². The second-order valence-electron chi connectivity index (χ2n) is 4.57. The largest absolute Gasteiger partial charge is 0.272 e. The van der Waals surface area contributed by atoms with Gasteiger partial charge < -0.3 is 0 Å². The van der Waals surface area contributed by atoms with Gasteiger partial charge in [0, 0.05) is 24.6 Å². The number of aryl methyl sites for hydroxylation is 1. The van der Waals surface area contributed by atoms with Gasteiger partial charge in [0.1, 0.15) is 0 Å². The molecule has 0 aromatic carbocycles.